The molecule has 46 valence electrons. The van der Waals surface area contributed by atoms with Crippen LogP contribution in [0.25, 0.3) is 0 Å². The summed E-state index contributed by atoms with van der Waals surface area (Å²) in [5.74, 6) is 0. The summed E-state index contributed by atoms with van der Waals surface area (Å²) in [5.41, 5.74) is 0. The van der Waals surface area contributed by atoms with E-state index in [2.05, 4.69) is 19.2 Å². The van der Waals surface area contributed by atoms with Gasteiger partial charge in [-0.15, -0.1) is 0 Å². The molecule has 0 spiro atoms. The molecule has 0 aromatic rings. The largest absolute Gasteiger partial charge is 0.342 e. The Kier molecular flexibility index (Phi) is 0.976. The molecular weight excluding hydrogens is 112 g/mol. The van der Waals surface area contributed by atoms with Crippen LogP contribution in [0.1, 0.15) is 0 Å². The Bertz CT molecular complexity index is 74.0. The standard InChI is InChI=1S/C4H6O4/c1-3(5-1)7-8-4-2-6-4/h3-4H,1-2H2. The lowest BCUT2D eigenvalue weighted by Crippen LogP contribution is -1.99. The summed E-state index contributed by atoms with van der Waals surface area (Å²) in [6, 6.07) is 0. The van der Waals surface area contributed by atoms with Crippen molar-refractivity contribution in [2.24, 2.45) is 0 Å². The smallest absolute Gasteiger partial charge is 0.215 e. The average Bonchev–Trinajstić information content (AvgIpc) is 2.60. The van der Waals surface area contributed by atoms with Crippen molar-refractivity contribution >= 4 is 0 Å². The molecule has 2 rings (SSSR count). The zero-order valence-electron chi connectivity index (χ0n) is 4.20. The van der Waals surface area contributed by atoms with Gasteiger partial charge in [0.05, 0.1) is 0 Å². The summed E-state index contributed by atoms with van der Waals surface area (Å²) in [4.78, 5) is 9.26. The molecular formula is C4H6O4. The molecule has 0 N–H and O–H groups in total. The first kappa shape index (κ1) is 4.69. The van der Waals surface area contributed by atoms with Gasteiger partial charge in [-0.1, -0.05) is 0 Å². The van der Waals surface area contributed by atoms with Gasteiger partial charge >= 0.3 is 0 Å². The van der Waals surface area contributed by atoms with E-state index in [0.717, 1.165) is 0 Å². The van der Waals surface area contributed by atoms with Crippen molar-refractivity contribution in [1.29, 1.82) is 0 Å². The molecule has 0 aromatic heterocycles. The van der Waals surface area contributed by atoms with Gasteiger partial charge in [-0.25, -0.2) is 0 Å². The van der Waals surface area contributed by atoms with Crippen molar-refractivity contribution in [3.05, 3.63) is 0 Å². The van der Waals surface area contributed by atoms with Crippen LogP contribution in [0, 0.1) is 0 Å². The van der Waals surface area contributed by atoms with Crippen LogP contribution in [0.4, 0.5) is 0 Å². The lowest BCUT2D eigenvalue weighted by molar-refractivity contribution is -0.342. The third-order valence-corrected chi connectivity index (χ3v) is 0.876. The Morgan fingerprint density at radius 3 is 1.62 bits per heavy atom. The second kappa shape index (κ2) is 1.66. The van der Waals surface area contributed by atoms with Crippen molar-refractivity contribution in [1.82, 2.24) is 0 Å². The molecule has 2 aliphatic heterocycles. The average molecular weight is 118 g/mol. The predicted molar refractivity (Wildman–Crippen MR) is 21.6 cm³/mol. The topological polar surface area (TPSA) is 43.5 Å². The van der Waals surface area contributed by atoms with Crippen LogP contribution < -0.4 is 0 Å². The quantitative estimate of drug-likeness (QED) is 0.288. The van der Waals surface area contributed by atoms with Gasteiger partial charge in [-0.05, 0) is 0 Å². The molecule has 2 heterocycles. The minimum atomic E-state index is -0.126. The zero-order chi connectivity index (χ0) is 5.40. The van der Waals surface area contributed by atoms with E-state index < -0.39 is 0 Å². The van der Waals surface area contributed by atoms with E-state index in [-0.39, 0.29) is 12.6 Å². The zero-order valence-corrected chi connectivity index (χ0v) is 4.20. The van der Waals surface area contributed by atoms with E-state index >= 15 is 0 Å². The van der Waals surface area contributed by atoms with Crippen LogP contribution >= 0.6 is 0 Å². The first-order valence-electron chi connectivity index (χ1n) is 2.50. The predicted octanol–water partition coefficient (Wildman–Crippen LogP) is -0.353. The number of rotatable bonds is 3. The maximum absolute atomic E-state index is 4.68. The van der Waals surface area contributed by atoms with Gasteiger partial charge in [-0.3, -0.25) is 0 Å². The van der Waals surface area contributed by atoms with Crippen LogP contribution in [0.3, 0.4) is 0 Å². The molecule has 0 aliphatic carbocycles. The van der Waals surface area contributed by atoms with Gasteiger partial charge in [0.2, 0.25) is 12.6 Å². The minimum Gasteiger partial charge on any atom is -0.342 e. The molecule has 4 heteroatoms. The highest BCUT2D eigenvalue weighted by atomic mass is 17.3. The summed E-state index contributed by atoms with van der Waals surface area (Å²) in [6.07, 6.45) is -0.251. The molecule has 0 bridgehead atoms. The molecule has 2 unspecified atom stereocenters. The molecule has 2 atom stereocenters. The third kappa shape index (κ3) is 1.16. The lowest BCUT2D eigenvalue weighted by Gasteiger charge is -1.91. The van der Waals surface area contributed by atoms with Gasteiger partial charge < -0.3 is 9.47 Å². The Morgan fingerprint density at radius 1 is 1.00 bits per heavy atom. The molecule has 4 nitrogen and oxygen atoms in total. The van der Waals surface area contributed by atoms with Crippen molar-refractivity contribution in [3.8, 4) is 0 Å². The van der Waals surface area contributed by atoms with Crippen LogP contribution in [-0.2, 0) is 19.2 Å². The van der Waals surface area contributed by atoms with Gasteiger partial charge in [0.1, 0.15) is 13.2 Å². The first-order chi connectivity index (χ1) is 3.95. The third-order valence-electron chi connectivity index (χ3n) is 0.876. The summed E-state index contributed by atoms with van der Waals surface area (Å²) < 4.78 is 9.37. The summed E-state index contributed by atoms with van der Waals surface area (Å²) in [7, 11) is 0. The van der Waals surface area contributed by atoms with Crippen LogP contribution in [0.15, 0.2) is 0 Å². The maximum atomic E-state index is 4.68. The van der Waals surface area contributed by atoms with Gasteiger partial charge in [0, 0.05) is 0 Å². The second-order valence-corrected chi connectivity index (χ2v) is 1.72. The van der Waals surface area contributed by atoms with E-state index in [4.69, 9.17) is 0 Å². The van der Waals surface area contributed by atoms with Crippen LogP contribution in [0.5, 0.6) is 0 Å². The Labute approximate surface area is 46.2 Å². The highest BCUT2D eigenvalue weighted by Crippen LogP contribution is 2.16. The summed E-state index contributed by atoms with van der Waals surface area (Å²) >= 11 is 0. The van der Waals surface area contributed by atoms with Gasteiger partial charge in [0.25, 0.3) is 0 Å². The van der Waals surface area contributed by atoms with E-state index in [9.17, 15) is 0 Å². The van der Waals surface area contributed by atoms with E-state index in [1.54, 1.807) is 0 Å². The molecule has 8 heavy (non-hydrogen) atoms. The molecule has 0 radical (unpaired) electrons. The molecule has 0 saturated carbocycles. The minimum absolute atomic E-state index is 0.126. The van der Waals surface area contributed by atoms with Crippen molar-refractivity contribution < 1.29 is 19.2 Å². The van der Waals surface area contributed by atoms with Crippen LogP contribution in [0.2, 0.25) is 0 Å². The monoisotopic (exact) mass is 118 g/mol. The fraction of sp³-hybridized carbons (Fsp3) is 1.00. The second-order valence-electron chi connectivity index (χ2n) is 1.72. The highest BCUT2D eigenvalue weighted by Gasteiger charge is 2.31. The highest BCUT2D eigenvalue weighted by molar-refractivity contribution is 4.54. The Balaban J connectivity index is 1.56. The first-order valence-corrected chi connectivity index (χ1v) is 2.50. The lowest BCUT2D eigenvalue weighted by atomic mass is 10.9. The summed E-state index contributed by atoms with van der Waals surface area (Å²) in [6.45, 7) is 1.29. The normalized spacial score (nSPS) is 42.0. The number of epoxide rings is 2. The number of ether oxygens (including phenoxy) is 2. The molecule has 0 aromatic carbocycles. The Hall–Kier alpha value is -0.160. The Morgan fingerprint density at radius 2 is 1.38 bits per heavy atom. The number of hydrogen-bond acceptors (Lipinski definition) is 4. The maximum Gasteiger partial charge on any atom is 0.215 e. The summed E-state index contributed by atoms with van der Waals surface area (Å²) in [5, 5.41) is 0. The van der Waals surface area contributed by atoms with Gasteiger partial charge in [0.15, 0.2) is 0 Å². The molecule has 0 amide bonds. The molecule has 2 fully saturated rings. The van der Waals surface area contributed by atoms with Crippen molar-refractivity contribution in [2.75, 3.05) is 13.2 Å². The van der Waals surface area contributed by atoms with Crippen LogP contribution in [-0.4, -0.2) is 25.8 Å². The van der Waals surface area contributed by atoms with E-state index in [0.29, 0.717) is 13.2 Å². The molecule has 2 aliphatic rings. The van der Waals surface area contributed by atoms with Crippen molar-refractivity contribution in [3.63, 3.8) is 0 Å². The van der Waals surface area contributed by atoms with E-state index in [1.807, 2.05) is 0 Å². The van der Waals surface area contributed by atoms with E-state index in [1.165, 1.54) is 0 Å². The van der Waals surface area contributed by atoms with Crippen molar-refractivity contribution in [2.45, 2.75) is 12.6 Å². The fourth-order valence-electron chi connectivity index (χ4n) is 0.314. The molecule has 2 saturated heterocycles. The number of hydrogen-bond donors (Lipinski definition) is 0. The van der Waals surface area contributed by atoms with Gasteiger partial charge in [-0.2, -0.15) is 9.78 Å². The fourth-order valence-corrected chi connectivity index (χ4v) is 0.314. The SMILES string of the molecule is C1OC1OOC1CO1.